The van der Waals surface area contributed by atoms with E-state index in [1.807, 2.05) is 53.4 Å². The monoisotopic (exact) mass is 398 g/mol. The fraction of sp³-hybridized carbons (Fsp3) is 0.296. The number of fused-ring (bicyclic) bond motifs is 1. The van der Waals surface area contributed by atoms with E-state index < -0.39 is 0 Å². The number of hydrogen-bond acceptors (Lipinski definition) is 2. The van der Waals surface area contributed by atoms with Gasteiger partial charge in [0.1, 0.15) is 0 Å². The third-order valence-electron chi connectivity index (χ3n) is 5.86. The number of nitrogens with zero attached hydrogens (tertiary/aromatic N) is 1. The maximum Gasteiger partial charge on any atom is 0.258 e. The van der Waals surface area contributed by atoms with Crippen molar-refractivity contribution in [3.63, 3.8) is 0 Å². The van der Waals surface area contributed by atoms with Crippen LogP contribution in [0.1, 0.15) is 61.6 Å². The molecule has 0 aromatic heterocycles. The standard InChI is InChI=1S/C27H30N2O/c1-19-18-25(23-12-8-9-13-24(23)28-19)29(22-10-6-5-7-11-22)26(30)20-14-16-21(17-15-20)27(2,3)4/h5-17,19,25,28H,18H2,1-4H3. The number of hydrogen-bond donors (Lipinski definition) is 1. The van der Waals surface area contributed by atoms with E-state index in [2.05, 4.69) is 63.3 Å². The summed E-state index contributed by atoms with van der Waals surface area (Å²) in [6, 6.07) is 26.7. The molecule has 0 aliphatic carbocycles. The van der Waals surface area contributed by atoms with Crippen LogP contribution in [-0.4, -0.2) is 11.9 Å². The number of carbonyl (C=O) groups excluding carboxylic acids is 1. The normalized spacial score (nSPS) is 18.3. The van der Waals surface area contributed by atoms with E-state index in [1.54, 1.807) is 0 Å². The molecule has 3 aromatic rings. The van der Waals surface area contributed by atoms with E-state index >= 15 is 0 Å². The molecule has 0 saturated carbocycles. The summed E-state index contributed by atoms with van der Waals surface area (Å²) in [6.07, 6.45) is 0.859. The third-order valence-corrected chi connectivity index (χ3v) is 5.86. The Balaban J connectivity index is 1.78. The smallest absolute Gasteiger partial charge is 0.258 e. The van der Waals surface area contributed by atoms with Gasteiger partial charge in [-0.3, -0.25) is 4.79 Å². The summed E-state index contributed by atoms with van der Waals surface area (Å²) >= 11 is 0. The molecule has 0 bridgehead atoms. The van der Waals surface area contributed by atoms with Crippen LogP contribution in [-0.2, 0) is 5.41 Å². The minimum Gasteiger partial charge on any atom is -0.382 e. The molecular weight excluding hydrogens is 368 g/mol. The second-order valence-electron chi connectivity index (χ2n) is 9.22. The molecule has 2 atom stereocenters. The first-order valence-corrected chi connectivity index (χ1v) is 10.7. The van der Waals surface area contributed by atoms with Gasteiger partial charge < -0.3 is 10.2 Å². The Kier molecular flexibility index (Phi) is 5.38. The Hall–Kier alpha value is -3.07. The molecule has 3 nitrogen and oxygen atoms in total. The summed E-state index contributed by atoms with van der Waals surface area (Å²) < 4.78 is 0. The van der Waals surface area contributed by atoms with Crippen LogP contribution in [0.4, 0.5) is 11.4 Å². The topological polar surface area (TPSA) is 32.3 Å². The van der Waals surface area contributed by atoms with Gasteiger partial charge in [-0.15, -0.1) is 0 Å². The fourth-order valence-corrected chi connectivity index (χ4v) is 4.23. The van der Waals surface area contributed by atoms with Crippen molar-refractivity contribution in [2.45, 2.75) is 51.6 Å². The average Bonchev–Trinajstić information content (AvgIpc) is 2.74. The zero-order valence-corrected chi connectivity index (χ0v) is 18.2. The molecule has 1 aliphatic heterocycles. The lowest BCUT2D eigenvalue weighted by atomic mass is 9.86. The predicted molar refractivity (Wildman–Crippen MR) is 125 cm³/mol. The lowest BCUT2D eigenvalue weighted by molar-refractivity contribution is 0.0974. The summed E-state index contributed by atoms with van der Waals surface area (Å²) in [5.41, 5.74) is 5.21. The van der Waals surface area contributed by atoms with E-state index in [4.69, 9.17) is 0 Å². The molecule has 3 heteroatoms. The quantitative estimate of drug-likeness (QED) is 0.541. The molecule has 4 rings (SSSR count). The number of nitrogens with one attached hydrogen (secondary N) is 1. The van der Waals surface area contributed by atoms with Crippen molar-refractivity contribution in [1.82, 2.24) is 0 Å². The molecule has 2 unspecified atom stereocenters. The van der Waals surface area contributed by atoms with Gasteiger partial charge in [0, 0.05) is 23.0 Å². The van der Waals surface area contributed by atoms with Gasteiger partial charge in [0.25, 0.3) is 5.91 Å². The largest absolute Gasteiger partial charge is 0.382 e. The third kappa shape index (κ3) is 3.97. The van der Waals surface area contributed by atoms with Crippen molar-refractivity contribution >= 4 is 17.3 Å². The van der Waals surface area contributed by atoms with Gasteiger partial charge in [0.2, 0.25) is 0 Å². The molecule has 30 heavy (non-hydrogen) atoms. The van der Waals surface area contributed by atoms with Crippen LogP contribution < -0.4 is 10.2 Å². The Labute approximate surface area is 179 Å². The van der Waals surface area contributed by atoms with Gasteiger partial charge in [-0.25, -0.2) is 0 Å². The maximum atomic E-state index is 13.8. The van der Waals surface area contributed by atoms with Crippen LogP contribution in [0.2, 0.25) is 0 Å². The lowest BCUT2D eigenvalue weighted by Crippen LogP contribution is -2.40. The van der Waals surface area contributed by atoms with E-state index in [-0.39, 0.29) is 23.4 Å². The zero-order chi connectivity index (χ0) is 21.3. The van der Waals surface area contributed by atoms with Crippen LogP contribution >= 0.6 is 0 Å². The van der Waals surface area contributed by atoms with Crippen molar-refractivity contribution < 1.29 is 4.79 Å². The van der Waals surface area contributed by atoms with E-state index in [1.165, 1.54) is 11.1 Å². The molecule has 0 spiro atoms. The van der Waals surface area contributed by atoms with Crippen molar-refractivity contribution in [3.05, 3.63) is 95.6 Å². The number of carbonyl (C=O) groups is 1. The van der Waals surface area contributed by atoms with Crippen LogP contribution in [0.3, 0.4) is 0 Å². The summed E-state index contributed by atoms with van der Waals surface area (Å²) in [5, 5.41) is 3.56. The van der Waals surface area contributed by atoms with Gasteiger partial charge in [-0.05, 0) is 60.2 Å². The van der Waals surface area contributed by atoms with Crippen LogP contribution in [0, 0.1) is 0 Å². The summed E-state index contributed by atoms with van der Waals surface area (Å²) in [4.78, 5) is 15.8. The number of anilines is 2. The first-order chi connectivity index (χ1) is 14.3. The second kappa shape index (κ2) is 7.98. The summed E-state index contributed by atoms with van der Waals surface area (Å²) in [5.74, 6) is 0.0376. The SMILES string of the molecule is CC1CC(N(C(=O)c2ccc(C(C)(C)C)cc2)c2ccccc2)c2ccccc2N1. The average molecular weight is 399 g/mol. The van der Waals surface area contributed by atoms with Gasteiger partial charge in [0.15, 0.2) is 0 Å². The molecule has 1 aliphatic rings. The molecule has 1 heterocycles. The molecule has 1 amide bonds. The predicted octanol–water partition coefficient (Wildman–Crippen LogP) is 6.58. The molecule has 3 aromatic carbocycles. The van der Waals surface area contributed by atoms with Gasteiger partial charge >= 0.3 is 0 Å². The van der Waals surface area contributed by atoms with Gasteiger partial charge in [-0.2, -0.15) is 0 Å². The van der Waals surface area contributed by atoms with Crippen molar-refractivity contribution in [3.8, 4) is 0 Å². The second-order valence-corrected chi connectivity index (χ2v) is 9.22. The number of amides is 1. The highest BCUT2D eigenvalue weighted by Gasteiger charge is 2.33. The first-order valence-electron chi connectivity index (χ1n) is 10.7. The number of para-hydroxylation sites is 2. The molecule has 154 valence electrons. The van der Waals surface area contributed by atoms with E-state index in [9.17, 15) is 4.79 Å². The lowest BCUT2D eigenvalue weighted by Gasteiger charge is -2.39. The van der Waals surface area contributed by atoms with Crippen LogP contribution in [0.25, 0.3) is 0 Å². The van der Waals surface area contributed by atoms with Crippen molar-refractivity contribution in [2.75, 3.05) is 10.2 Å². The van der Waals surface area contributed by atoms with Crippen LogP contribution in [0.15, 0.2) is 78.9 Å². The van der Waals surface area contributed by atoms with Crippen molar-refractivity contribution in [2.24, 2.45) is 0 Å². The molecular formula is C27H30N2O. The fourth-order valence-electron chi connectivity index (χ4n) is 4.23. The summed E-state index contributed by atoms with van der Waals surface area (Å²) in [6.45, 7) is 8.74. The Morgan fingerprint density at radius 3 is 2.20 bits per heavy atom. The highest BCUT2D eigenvalue weighted by Crippen LogP contribution is 2.39. The van der Waals surface area contributed by atoms with Crippen molar-refractivity contribution in [1.29, 1.82) is 0 Å². The molecule has 0 saturated heterocycles. The van der Waals surface area contributed by atoms with Crippen LogP contribution in [0.5, 0.6) is 0 Å². The minimum absolute atomic E-state index is 0.0188. The molecule has 0 fully saturated rings. The van der Waals surface area contributed by atoms with E-state index in [0.717, 1.165) is 23.4 Å². The maximum absolute atomic E-state index is 13.8. The Bertz CT molecular complexity index is 1020. The molecule has 0 radical (unpaired) electrons. The summed E-state index contributed by atoms with van der Waals surface area (Å²) in [7, 11) is 0. The van der Waals surface area contributed by atoms with E-state index in [0.29, 0.717) is 0 Å². The highest BCUT2D eigenvalue weighted by atomic mass is 16.2. The number of benzene rings is 3. The number of rotatable bonds is 3. The van der Waals surface area contributed by atoms with Gasteiger partial charge in [0.05, 0.1) is 6.04 Å². The highest BCUT2D eigenvalue weighted by molar-refractivity contribution is 6.06. The zero-order valence-electron chi connectivity index (χ0n) is 18.2. The Morgan fingerprint density at radius 2 is 1.53 bits per heavy atom. The first kappa shape index (κ1) is 20.2. The minimum atomic E-state index is -0.0188. The molecule has 1 N–H and O–H groups in total. The Morgan fingerprint density at radius 1 is 0.900 bits per heavy atom. The van der Waals surface area contributed by atoms with Gasteiger partial charge in [-0.1, -0.05) is 69.3 Å².